The van der Waals surface area contributed by atoms with Gasteiger partial charge in [-0.3, -0.25) is 14.5 Å². The third-order valence-electron chi connectivity index (χ3n) is 5.67. The summed E-state index contributed by atoms with van der Waals surface area (Å²) in [6.07, 6.45) is 7.49. The maximum atomic E-state index is 12.4. The van der Waals surface area contributed by atoms with Gasteiger partial charge in [-0.25, -0.2) is 6.57 Å². The molecular formula is C15H23N3O. The number of nitrogens with zero attached hydrogens (tertiary/aromatic N) is 2. The molecule has 4 fully saturated rings. The highest BCUT2D eigenvalue weighted by Crippen LogP contribution is 2.61. The lowest BCUT2D eigenvalue weighted by Crippen LogP contribution is -2.59. The number of likely N-dealkylation sites (N-methyl/N-ethyl adjacent to an activating group) is 1. The molecule has 2 N–H and O–H groups in total. The van der Waals surface area contributed by atoms with Crippen LogP contribution in [0.15, 0.2) is 0 Å². The van der Waals surface area contributed by atoms with E-state index in [-0.39, 0.29) is 18.0 Å². The molecule has 0 aromatic rings. The number of hydrogen-bond donors (Lipinski definition) is 1. The van der Waals surface area contributed by atoms with Gasteiger partial charge < -0.3 is 5.73 Å². The van der Waals surface area contributed by atoms with Crippen LogP contribution in [0.1, 0.15) is 38.5 Å². The zero-order valence-corrected chi connectivity index (χ0v) is 11.6. The lowest BCUT2D eigenvalue weighted by atomic mass is 9.47. The van der Waals surface area contributed by atoms with E-state index in [1.54, 1.807) is 7.05 Å². The van der Waals surface area contributed by atoms with E-state index in [1.165, 1.54) is 24.2 Å². The molecule has 0 aromatic heterocycles. The minimum atomic E-state index is -0.396. The van der Waals surface area contributed by atoms with Crippen LogP contribution in [-0.2, 0) is 4.79 Å². The molecule has 4 aliphatic carbocycles. The molecule has 4 bridgehead atoms. The summed E-state index contributed by atoms with van der Waals surface area (Å²) in [7, 11) is 1.70. The zero-order valence-electron chi connectivity index (χ0n) is 11.6. The third kappa shape index (κ3) is 2.04. The van der Waals surface area contributed by atoms with Crippen molar-refractivity contribution in [2.24, 2.45) is 28.9 Å². The first-order valence-electron chi connectivity index (χ1n) is 7.38. The van der Waals surface area contributed by atoms with Crippen molar-refractivity contribution in [1.82, 2.24) is 4.90 Å². The summed E-state index contributed by atoms with van der Waals surface area (Å²) in [6, 6.07) is -0.396. The molecule has 0 radical (unpaired) electrons. The van der Waals surface area contributed by atoms with E-state index in [1.807, 2.05) is 0 Å². The minimum Gasteiger partial charge on any atom is -0.319 e. The van der Waals surface area contributed by atoms with E-state index in [4.69, 9.17) is 12.3 Å². The van der Waals surface area contributed by atoms with Gasteiger partial charge in [0, 0.05) is 7.05 Å². The van der Waals surface area contributed by atoms with Crippen molar-refractivity contribution in [2.45, 2.75) is 44.6 Å². The Kier molecular flexibility index (Phi) is 3.05. The second kappa shape index (κ2) is 4.49. The molecule has 1 unspecified atom stereocenters. The number of rotatable bonds is 3. The molecule has 0 saturated heterocycles. The van der Waals surface area contributed by atoms with Crippen LogP contribution < -0.4 is 5.73 Å². The summed E-state index contributed by atoms with van der Waals surface area (Å²) >= 11 is 0. The van der Waals surface area contributed by atoms with E-state index >= 15 is 0 Å². The number of hydrogen-bond acceptors (Lipinski definition) is 2. The molecule has 104 valence electrons. The Morgan fingerprint density at radius 3 is 2.21 bits per heavy atom. The number of amides is 1. The lowest BCUT2D eigenvalue weighted by Gasteiger charge is -2.58. The standard InChI is InChI=1S/C15H23N3O/c1-17-9-18(2)14(19)13(16)15-6-10-3-11(7-15)5-12(4-10)8-15/h10-13H,3-9,16H2,2H3. The van der Waals surface area contributed by atoms with Crippen LogP contribution in [0.4, 0.5) is 0 Å². The van der Waals surface area contributed by atoms with Crippen LogP contribution in [0.25, 0.3) is 4.85 Å². The van der Waals surface area contributed by atoms with Gasteiger partial charge in [-0.1, -0.05) is 0 Å². The van der Waals surface area contributed by atoms with Gasteiger partial charge in [0.25, 0.3) is 6.67 Å². The van der Waals surface area contributed by atoms with Gasteiger partial charge in [-0.2, -0.15) is 0 Å². The highest BCUT2D eigenvalue weighted by molar-refractivity contribution is 5.82. The van der Waals surface area contributed by atoms with E-state index in [0.29, 0.717) is 0 Å². The first-order chi connectivity index (χ1) is 9.04. The quantitative estimate of drug-likeness (QED) is 0.788. The Morgan fingerprint density at radius 2 is 1.79 bits per heavy atom. The topological polar surface area (TPSA) is 50.7 Å². The summed E-state index contributed by atoms with van der Waals surface area (Å²) in [5.74, 6) is 2.38. The maximum Gasteiger partial charge on any atom is 0.291 e. The number of nitrogens with two attached hydrogens (primary N) is 1. The average Bonchev–Trinajstić information content (AvgIpc) is 2.35. The molecule has 0 aliphatic heterocycles. The van der Waals surface area contributed by atoms with Crippen LogP contribution in [0.2, 0.25) is 0 Å². The van der Waals surface area contributed by atoms with Crippen LogP contribution in [0, 0.1) is 29.7 Å². The fourth-order valence-corrected chi connectivity index (χ4v) is 5.23. The molecule has 0 heterocycles. The summed E-state index contributed by atoms with van der Waals surface area (Å²) in [5, 5.41) is 0. The lowest BCUT2D eigenvalue weighted by molar-refractivity contribution is -0.141. The van der Waals surface area contributed by atoms with Gasteiger partial charge in [-0.15, -0.1) is 0 Å². The Labute approximate surface area is 115 Å². The van der Waals surface area contributed by atoms with Crippen LogP contribution in [0.5, 0.6) is 0 Å². The molecule has 4 heteroatoms. The highest BCUT2D eigenvalue weighted by atomic mass is 16.2. The molecular weight excluding hydrogens is 238 g/mol. The largest absolute Gasteiger partial charge is 0.319 e. The molecule has 19 heavy (non-hydrogen) atoms. The number of carbonyl (C=O) groups is 1. The molecule has 4 saturated carbocycles. The van der Waals surface area contributed by atoms with Crippen molar-refractivity contribution in [3.63, 3.8) is 0 Å². The summed E-state index contributed by atoms with van der Waals surface area (Å²) in [6.45, 7) is 7.00. The van der Waals surface area contributed by atoms with Gasteiger partial charge in [0.2, 0.25) is 5.91 Å². The fourth-order valence-electron chi connectivity index (χ4n) is 5.23. The van der Waals surface area contributed by atoms with Crippen molar-refractivity contribution < 1.29 is 4.79 Å². The van der Waals surface area contributed by atoms with Crippen LogP contribution in [-0.4, -0.2) is 30.6 Å². The minimum absolute atomic E-state index is 0.0297. The normalized spacial score (nSPS) is 40.8. The first-order valence-corrected chi connectivity index (χ1v) is 7.38. The van der Waals surface area contributed by atoms with E-state index in [9.17, 15) is 4.79 Å². The van der Waals surface area contributed by atoms with Crippen molar-refractivity contribution in [1.29, 1.82) is 0 Å². The van der Waals surface area contributed by atoms with Crippen molar-refractivity contribution in [3.05, 3.63) is 11.4 Å². The SMILES string of the molecule is [C-]#[N+]CN(C)C(=O)C(N)C12CC3CC(CC(C3)C1)C2. The predicted molar refractivity (Wildman–Crippen MR) is 72.8 cm³/mol. The second-order valence-electron chi connectivity index (χ2n) is 7.09. The zero-order chi connectivity index (χ0) is 13.6. The second-order valence-corrected chi connectivity index (χ2v) is 7.09. The predicted octanol–water partition coefficient (Wildman–Crippen LogP) is 1.87. The van der Waals surface area contributed by atoms with Crippen molar-refractivity contribution in [3.8, 4) is 0 Å². The molecule has 1 atom stereocenters. The van der Waals surface area contributed by atoms with E-state index in [2.05, 4.69) is 4.85 Å². The molecule has 4 nitrogen and oxygen atoms in total. The van der Waals surface area contributed by atoms with E-state index in [0.717, 1.165) is 37.0 Å². The van der Waals surface area contributed by atoms with E-state index < -0.39 is 6.04 Å². The third-order valence-corrected chi connectivity index (χ3v) is 5.67. The molecule has 4 aliphatic rings. The smallest absolute Gasteiger partial charge is 0.291 e. The summed E-state index contributed by atoms with van der Waals surface area (Å²) < 4.78 is 0. The highest BCUT2D eigenvalue weighted by Gasteiger charge is 2.55. The molecule has 4 rings (SSSR count). The van der Waals surface area contributed by atoms with Crippen molar-refractivity contribution >= 4 is 5.91 Å². The van der Waals surface area contributed by atoms with Gasteiger partial charge in [0.15, 0.2) is 0 Å². The van der Waals surface area contributed by atoms with Gasteiger partial charge in [0.1, 0.15) is 0 Å². The van der Waals surface area contributed by atoms with Gasteiger partial charge >= 0.3 is 0 Å². The summed E-state index contributed by atoms with van der Waals surface area (Å²) in [4.78, 5) is 17.2. The Hall–Kier alpha value is -1.08. The maximum absolute atomic E-state index is 12.4. The van der Waals surface area contributed by atoms with Gasteiger partial charge in [0.05, 0.1) is 6.04 Å². The summed E-state index contributed by atoms with van der Waals surface area (Å²) in [5.41, 5.74) is 6.40. The monoisotopic (exact) mass is 261 g/mol. The molecule has 0 aromatic carbocycles. The molecule has 1 amide bonds. The first kappa shape index (κ1) is 12.9. The Bertz CT molecular complexity index is 390. The van der Waals surface area contributed by atoms with Crippen LogP contribution >= 0.6 is 0 Å². The van der Waals surface area contributed by atoms with Crippen molar-refractivity contribution in [2.75, 3.05) is 13.7 Å². The average molecular weight is 261 g/mol. The van der Waals surface area contributed by atoms with Crippen LogP contribution in [0.3, 0.4) is 0 Å². The Morgan fingerprint density at radius 1 is 1.32 bits per heavy atom. The Balaban J connectivity index is 1.78. The fraction of sp³-hybridized carbons (Fsp3) is 0.867. The number of carbonyl (C=O) groups excluding carboxylic acids is 1. The molecule has 0 spiro atoms. The van der Waals surface area contributed by atoms with Gasteiger partial charge in [-0.05, 0) is 61.7 Å².